The predicted molar refractivity (Wildman–Crippen MR) is 110 cm³/mol. The number of ether oxygens (including phenoxy) is 3. The van der Waals surface area contributed by atoms with Crippen molar-refractivity contribution in [2.45, 2.75) is 19.4 Å². The molecule has 7 nitrogen and oxygen atoms in total. The van der Waals surface area contributed by atoms with Crippen molar-refractivity contribution in [2.24, 2.45) is 5.92 Å². The van der Waals surface area contributed by atoms with E-state index in [1.54, 1.807) is 28.4 Å². The summed E-state index contributed by atoms with van der Waals surface area (Å²) in [5.41, 5.74) is 1.86. The summed E-state index contributed by atoms with van der Waals surface area (Å²) >= 11 is 1.75. The van der Waals surface area contributed by atoms with E-state index in [1.807, 2.05) is 4.90 Å². The zero-order valence-electron chi connectivity index (χ0n) is 16.8. The van der Waals surface area contributed by atoms with Gasteiger partial charge in [0.1, 0.15) is 0 Å². The number of fused-ring (bicyclic) bond motifs is 1. The number of nitrogens with zero attached hydrogens (tertiary/aromatic N) is 2. The number of benzene rings is 1. The molecule has 4 rings (SSSR count). The lowest BCUT2D eigenvalue weighted by atomic mass is 10.0. The molecular weight excluding hydrogens is 392 g/mol. The van der Waals surface area contributed by atoms with Gasteiger partial charge in [0, 0.05) is 43.1 Å². The van der Waals surface area contributed by atoms with Gasteiger partial charge in [0.15, 0.2) is 11.5 Å². The topological polar surface area (TPSA) is 68.3 Å². The van der Waals surface area contributed by atoms with Crippen molar-refractivity contribution in [2.75, 3.05) is 39.3 Å². The molecule has 1 saturated heterocycles. The number of hydrogen-bond donors (Lipinski definition) is 0. The fourth-order valence-electron chi connectivity index (χ4n) is 4.04. The molecular formula is C21H24N2O5S. The van der Waals surface area contributed by atoms with E-state index in [2.05, 4.69) is 11.4 Å². The van der Waals surface area contributed by atoms with E-state index < -0.39 is 0 Å². The van der Waals surface area contributed by atoms with E-state index in [1.165, 1.54) is 31.8 Å². The number of methoxy groups -OCH3 is 3. The number of rotatable bonds is 5. The molecule has 0 saturated carbocycles. The van der Waals surface area contributed by atoms with Crippen molar-refractivity contribution in [3.8, 4) is 17.2 Å². The maximum absolute atomic E-state index is 13.1. The molecule has 1 aromatic heterocycles. The van der Waals surface area contributed by atoms with Crippen LogP contribution in [0.25, 0.3) is 0 Å². The van der Waals surface area contributed by atoms with Gasteiger partial charge in [-0.25, -0.2) is 0 Å². The van der Waals surface area contributed by atoms with E-state index in [0.29, 0.717) is 42.6 Å². The Balaban J connectivity index is 1.53. The Bertz CT molecular complexity index is 916. The molecule has 8 heteroatoms. The highest BCUT2D eigenvalue weighted by Crippen LogP contribution is 2.42. The minimum atomic E-state index is -0.346. The predicted octanol–water partition coefficient (Wildman–Crippen LogP) is 2.71. The summed E-state index contributed by atoms with van der Waals surface area (Å²) in [5, 5.41) is 2.07. The molecule has 0 bridgehead atoms. The summed E-state index contributed by atoms with van der Waals surface area (Å²) in [5.74, 6) is 1.05. The Morgan fingerprint density at radius 2 is 1.86 bits per heavy atom. The summed E-state index contributed by atoms with van der Waals surface area (Å²) in [6, 6.07) is 5.57. The van der Waals surface area contributed by atoms with Gasteiger partial charge in [0.05, 0.1) is 32.9 Å². The largest absolute Gasteiger partial charge is 0.493 e. The number of carbonyl (C=O) groups is 2. The van der Waals surface area contributed by atoms with Gasteiger partial charge in [-0.15, -0.1) is 11.3 Å². The van der Waals surface area contributed by atoms with Crippen molar-refractivity contribution in [3.05, 3.63) is 34.0 Å². The summed E-state index contributed by atoms with van der Waals surface area (Å²) in [6.45, 7) is 1.69. The Hall–Kier alpha value is -2.74. The first-order valence-corrected chi connectivity index (χ1v) is 10.4. The van der Waals surface area contributed by atoms with Gasteiger partial charge < -0.3 is 24.0 Å². The Morgan fingerprint density at radius 3 is 2.52 bits per heavy atom. The molecule has 2 aliphatic rings. The van der Waals surface area contributed by atoms with Crippen LogP contribution in [0.2, 0.25) is 0 Å². The third-order valence-corrected chi connectivity index (χ3v) is 6.58. The first-order valence-electron chi connectivity index (χ1n) is 9.50. The van der Waals surface area contributed by atoms with Gasteiger partial charge in [-0.1, -0.05) is 0 Å². The lowest BCUT2D eigenvalue weighted by Gasteiger charge is -2.29. The highest BCUT2D eigenvalue weighted by atomic mass is 32.1. The van der Waals surface area contributed by atoms with Crippen LogP contribution in [0.15, 0.2) is 23.6 Å². The van der Waals surface area contributed by atoms with Crippen molar-refractivity contribution < 1.29 is 23.8 Å². The monoisotopic (exact) mass is 416 g/mol. The van der Waals surface area contributed by atoms with Crippen LogP contribution in [-0.2, 0) is 22.6 Å². The third kappa shape index (κ3) is 3.53. The molecule has 1 fully saturated rings. The molecule has 0 N–H and O–H groups in total. The Morgan fingerprint density at radius 1 is 1.14 bits per heavy atom. The lowest BCUT2D eigenvalue weighted by Crippen LogP contribution is -2.40. The SMILES string of the molecule is COc1cc(N2CC(C(=O)N3CCc4sccc4C3)CC2=O)cc(OC)c1OC. The first-order chi connectivity index (χ1) is 14.0. The molecule has 0 radical (unpaired) electrons. The minimum Gasteiger partial charge on any atom is -0.493 e. The van der Waals surface area contributed by atoms with Gasteiger partial charge in [-0.05, 0) is 23.4 Å². The quantitative estimate of drug-likeness (QED) is 0.750. The average molecular weight is 416 g/mol. The van der Waals surface area contributed by atoms with E-state index >= 15 is 0 Å². The zero-order chi connectivity index (χ0) is 20.5. The van der Waals surface area contributed by atoms with Crippen LogP contribution in [-0.4, -0.2) is 51.1 Å². The van der Waals surface area contributed by atoms with Crippen LogP contribution in [0.3, 0.4) is 0 Å². The van der Waals surface area contributed by atoms with E-state index in [-0.39, 0.29) is 24.2 Å². The molecule has 2 amide bonds. The second kappa shape index (κ2) is 7.94. The maximum atomic E-state index is 13.1. The van der Waals surface area contributed by atoms with Crippen molar-refractivity contribution in [1.82, 2.24) is 4.90 Å². The van der Waals surface area contributed by atoms with Crippen molar-refractivity contribution in [1.29, 1.82) is 0 Å². The van der Waals surface area contributed by atoms with Gasteiger partial charge in [-0.3, -0.25) is 9.59 Å². The van der Waals surface area contributed by atoms with Crippen molar-refractivity contribution in [3.63, 3.8) is 0 Å². The lowest BCUT2D eigenvalue weighted by molar-refractivity contribution is -0.136. The van der Waals surface area contributed by atoms with Gasteiger partial charge in [-0.2, -0.15) is 0 Å². The molecule has 1 aromatic carbocycles. The molecule has 2 aliphatic heterocycles. The second-order valence-electron chi connectivity index (χ2n) is 7.17. The van der Waals surface area contributed by atoms with Crippen LogP contribution in [0.1, 0.15) is 16.9 Å². The van der Waals surface area contributed by atoms with Crippen LogP contribution in [0, 0.1) is 5.92 Å². The molecule has 1 unspecified atom stereocenters. The number of amides is 2. The average Bonchev–Trinajstić information content (AvgIpc) is 3.37. The fourth-order valence-corrected chi connectivity index (χ4v) is 4.93. The second-order valence-corrected chi connectivity index (χ2v) is 8.17. The fraction of sp³-hybridized carbons (Fsp3) is 0.429. The molecule has 2 aromatic rings. The Kier molecular flexibility index (Phi) is 5.36. The zero-order valence-corrected chi connectivity index (χ0v) is 17.6. The van der Waals surface area contributed by atoms with Gasteiger partial charge in [0.25, 0.3) is 0 Å². The molecule has 154 valence electrons. The third-order valence-electron chi connectivity index (χ3n) is 5.55. The molecule has 1 atom stereocenters. The first kappa shape index (κ1) is 19.6. The summed E-state index contributed by atoms with van der Waals surface area (Å²) in [6.07, 6.45) is 1.10. The maximum Gasteiger partial charge on any atom is 0.228 e. The number of carbonyl (C=O) groups excluding carboxylic acids is 2. The standard InChI is InChI=1S/C21H24N2O5S/c1-26-16-9-15(10-17(27-2)20(16)28-3)23-12-14(8-19(23)24)21(25)22-6-4-18-13(11-22)5-7-29-18/h5,7,9-10,14H,4,6,8,11-12H2,1-3H3. The van der Waals surface area contributed by atoms with E-state index in [9.17, 15) is 9.59 Å². The molecule has 3 heterocycles. The minimum absolute atomic E-state index is 0.0464. The smallest absolute Gasteiger partial charge is 0.228 e. The number of anilines is 1. The Labute approximate surface area is 173 Å². The van der Waals surface area contributed by atoms with Crippen LogP contribution < -0.4 is 19.1 Å². The van der Waals surface area contributed by atoms with Crippen molar-refractivity contribution >= 4 is 28.8 Å². The van der Waals surface area contributed by atoms with Gasteiger partial charge in [0.2, 0.25) is 17.6 Å². The number of hydrogen-bond acceptors (Lipinski definition) is 6. The molecule has 29 heavy (non-hydrogen) atoms. The van der Waals surface area contributed by atoms with Crippen LogP contribution in [0.5, 0.6) is 17.2 Å². The van der Waals surface area contributed by atoms with Gasteiger partial charge >= 0.3 is 0 Å². The van der Waals surface area contributed by atoms with Crippen LogP contribution >= 0.6 is 11.3 Å². The summed E-state index contributed by atoms with van der Waals surface area (Å²) in [7, 11) is 4.61. The normalized spacial score (nSPS) is 18.6. The highest BCUT2D eigenvalue weighted by molar-refractivity contribution is 7.10. The molecule has 0 spiro atoms. The summed E-state index contributed by atoms with van der Waals surface area (Å²) < 4.78 is 16.1. The number of thiophene rings is 1. The van der Waals surface area contributed by atoms with Crippen LogP contribution in [0.4, 0.5) is 5.69 Å². The molecule has 0 aliphatic carbocycles. The summed E-state index contributed by atoms with van der Waals surface area (Å²) in [4.78, 5) is 30.7. The van der Waals surface area contributed by atoms with E-state index in [4.69, 9.17) is 14.2 Å². The highest BCUT2D eigenvalue weighted by Gasteiger charge is 2.38. The van der Waals surface area contributed by atoms with E-state index in [0.717, 1.165) is 6.42 Å².